The average Bonchev–Trinajstić information content (AvgIpc) is 3.48. The molecule has 0 radical (unpaired) electrons. The van der Waals surface area contributed by atoms with Crippen LogP contribution in [0, 0.1) is 0 Å². The first-order valence-electron chi connectivity index (χ1n) is 9.57. The van der Waals surface area contributed by atoms with Crippen LogP contribution >= 0.6 is 23.1 Å². The van der Waals surface area contributed by atoms with Crippen LogP contribution in [-0.4, -0.2) is 22.6 Å². The maximum atomic E-state index is 13.6. The molecule has 1 aliphatic carbocycles. The molecule has 0 unspecified atom stereocenters. The van der Waals surface area contributed by atoms with E-state index in [-0.39, 0.29) is 5.56 Å². The van der Waals surface area contributed by atoms with Gasteiger partial charge in [0.1, 0.15) is 16.2 Å². The smallest absolute Gasteiger partial charge is 0.341 e. The van der Waals surface area contributed by atoms with Gasteiger partial charge in [-0.2, -0.15) is 0 Å². The number of fused-ring (bicyclic) bond motifs is 3. The fraction of sp³-hybridized carbons (Fsp3) is 0.227. The summed E-state index contributed by atoms with van der Waals surface area (Å²) in [5.74, 6) is 0.403. The first-order chi connectivity index (χ1) is 14.7. The molecule has 0 saturated heterocycles. The number of aromatic nitrogens is 2. The molecule has 0 N–H and O–H groups in total. The molecule has 5 rings (SSSR count). The number of para-hydroxylation sites is 1. The number of thioether (sulfide) groups is 1. The number of esters is 1. The van der Waals surface area contributed by atoms with Crippen LogP contribution in [0.25, 0.3) is 15.9 Å². The molecule has 0 saturated carbocycles. The lowest BCUT2D eigenvalue weighted by atomic mass is 10.2. The third-order valence-corrected chi connectivity index (χ3v) is 7.33. The molecule has 0 aliphatic heterocycles. The summed E-state index contributed by atoms with van der Waals surface area (Å²) in [4.78, 5) is 32.4. The zero-order valence-electron chi connectivity index (χ0n) is 16.2. The SMILES string of the molecule is COC(=O)c1ccoc1CSc1nc2sc3c(c2c(=O)n1-c1ccccc1)CCC3. The number of nitrogens with zero attached hydrogens (tertiary/aromatic N) is 2. The maximum Gasteiger partial charge on any atom is 0.341 e. The maximum absolute atomic E-state index is 13.6. The molecular weight excluding hydrogens is 420 g/mol. The van der Waals surface area contributed by atoms with E-state index in [9.17, 15) is 9.59 Å². The van der Waals surface area contributed by atoms with Crippen LogP contribution in [-0.2, 0) is 23.3 Å². The Kier molecular flexibility index (Phi) is 4.96. The lowest BCUT2D eigenvalue weighted by Gasteiger charge is -2.12. The van der Waals surface area contributed by atoms with Crippen LogP contribution in [0.1, 0.15) is 33.0 Å². The summed E-state index contributed by atoms with van der Waals surface area (Å²) in [7, 11) is 1.34. The fourth-order valence-corrected chi connectivity index (χ4v) is 6.07. The lowest BCUT2D eigenvalue weighted by Crippen LogP contribution is -2.21. The number of furan rings is 1. The zero-order valence-corrected chi connectivity index (χ0v) is 17.8. The van der Waals surface area contributed by atoms with Gasteiger partial charge in [-0.15, -0.1) is 11.3 Å². The zero-order chi connectivity index (χ0) is 20.7. The Bertz CT molecular complexity index is 1300. The molecule has 3 aromatic heterocycles. The molecule has 1 aliphatic rings. The highest BCUT2D eigenvalue weighted by Gasteiger charge is 2.24. The van der Waals surface area contributed by atoms with E-state index < -0.39 is 5.97 Å². The third-order valence-electron chi connectivity index (χ3n) is 5.21. The largest absolute Gasteiger partial charge is 0.468 e. The van der Waals surface area contributed by atoms with E-state index in [0.29, 0.717) is 22.2 Å². The van der Waals surface area contributed by atoms with E-state index in [1.807, 2.05) is 30.3 Å². The second kappa shape index (κ2) is 7.77. The Morgan fingerprint density at radius 2 is 2.10 bits per heavy atom. The molecule has 0 fully saturated rings. The van der Waals surface area contributed by atoms with Crippen molar-refractivity contribution in [2.75, 3.05) is 7.11 Å². The number of benzene rings is 1. The first-order valence-corrected chi connectivity index (χ1v) is 11.4. The minimum absolute atomic E-state index is 0.0410. The second-order valence-corrected chi connectivity index (χ2v) is 8.97. The number of rotatable bonds is 5. The summed E-state index contributed by atoms with van der Waals surface area (Å²) < 4.78 is 12.0. The molecule has 152 valence electrons. The first kappa shape index (κ1) is 19.1. The number of hydrogen-bond donors (Lipinski definition) is 0. The van der Waals surface area contributed by atoms with Crippen LogP contribution in [0.3, 0.4) is 0 Å². The van der Waals surface area contributed by atoms with Gasteiger partial charge in [0.05, 0.1) is 30.2 Å². The molecule has 8 heteroatoms. The van der Waals surface area contributed by atoms with Gasteiger partial charge in [0.15, 0.2) is 5.16 Å². The van der Waals surface area contributed by atoms with E-state index >= 15 is 0 Å². The van der Waals surface area contributed by atoms with Gasteiger partial charge in [-0.05, 0) is 43.0 Å². The topological polar surface area (TPSA) is 74.3 Å². The normalized spacial score (nSPS) is 13.0. The van der Waals surface area contributed by atoms with Crippen molar-refractivity contribution in [1.29, 1.82) is 0 Å². The van der Waals surface area contributed by atoms with Gasteiger partial charge in [-0.3, -0.25) is 9.36 Å². The van der Waals surface area contributed by atoms with Crippen LogP contribution in [0.4, 0.5) is 0 Å². The van der Waals surface area contributed by atoms with E-state index in [1.54, 1.807) is 22.0 Å². The molecule has 0 amide bonds. The molecule has 0 bridgehead atoms. The summed E-state index contributed by atoms with van der Waals surface area (Å²) >= 11 is 2.99. The van der Waals surface area contributed by atoms with E-state index in [2.05, 4.69) is 0 Å². The van der Waals surface area contributed by atoms with Gasteiger partial charge < -0.3 is 9.15 Å². The fourth-order valence-electron chi connectivity index (χ4n) is 3.80. The highest BCUT2D eigenvalue weighted by Crippen LogP contribution is 2.36. The quantitative estimate of drug-likeness (QED) is 0.257. The summed E-state index contributed by atoms with van der Waals surface area (Å²) in [6.45, 7) is 0. The Morgan fingerprint density at radius 1 is 1.27 bits per heavy atom. The molecule has 6 nitrogen and oxygen atoms in total. The summed E-state index contributed by atoms with van der Waals surface area (Å²) in [5, 5.41) is 1.32. The molecule has 4 aromatic rings. The highest BCUT2D eigenvalue weighted by molar-refractivity contribution is 7.98. The number of carbonyl (C=O) groups excluding carboxylic acids is 1. The Morgan fingerprint density at radius 3 is 2.90 bits per heavy atom. The van der Waals surface area contributed by atoms with E-state index in [1.165, 1.54) is 30.0 Å². The van der Waals surface area contributed by atoms with Gasteiger partial charge in [0.25, 0.3) is 5.56 Å². The summed E-state index contributed by atoms with van der Waals surface area (Å²) in [6, 6.07) is 11.1. The van der Waals surface area contributed by atoms with Gasteiger partial charge in [0.2, 0.25) is 0 Å². The minimum atomic E-state index is -0.446. The van der Waals surface area contributed by atoms with Crippen LogP contribution in [0.5, 0.6) is 0 Å². The van der Waals surface area contributed by atoms with Crippen molar-refractivity contribution < 1.29 is 13.9 Å². The number of aryl methyl sites for hydroxylation is 2. The van der Waals surface area contributed by atoms with Gasteiger partial charge in [-0.1, -0.05) is 30.0 Å². The van der Waals surface area contributed by atoms with Gasteiger partial charge in [-0.25, -0.2) is 9.78 Å². The van der Waals surface area contributed by atoms with Crippen molar-refractivity contribution in [3.05, 3.63) is 74.8 Å². The highest BCUT2D eigenvalue weighted by atomic mass is 32.2. The minimum Gasteiger partial charge on any atom is -0.468 e. The van der Waals surface area contributed by atoms with Crippen molar-refractivity contribution in [3.8, 4) is 5.69 Å². The molecule has 0 spiro atoms. The average molecular weight is 439 g/mol. The second-order valence-electron chi connectivity index (χ2n) is 6.95. The Balaban J connectivity index is 1.62. The van der Waals surface area contributed by atoms with Crippen LogP contribution in [0.15, 0.2) is 57.0 Å². The van der Waals surface area contributed by atoms with Crippen molar-refractivity contribution in [2.24, 2.45) is 0 Å². The van der Waals surface area contributed by atoms with Crippen molar-refractivity contribution in [1.82, 2.24) is 9.55 Å². The summed E-state index contributed by atoms with van der Waals surface area (Å²) in [6.07, 6.45) is 4.50. The molecule has 30 heavy (non-hydrogen) atoms. The number of hydrogen-bond acceptors (Lipinski definition) is 7. The molecule has 0 atom stereocenters. The molecule has 1 aromatic carbocycles. The van der Waals surface area contributed by atoms with E-state index in [4.69, 9.17) is 14.1 Å². The van der Waals surface area contributed by atoms with Crippen molar-refractivity contribution >= 4 is 39.3 Å². The number of carbonyl (C=O) groups is 1. The third kappa shape index (κ3) is 3.16. The standard InChI is InChI=1S/C22H18N2O4S2/c1-27-21(26)14-10-11-28-16(14)12-29-22-23-19-18(15-8-5-9-17(15)30-19)20(25)24(22)13-6-3-2-4-7-13/h2-4,6-7,10-11H,5,8-9,12H2,1H3. The molecular formula is C22H18N2O4S2. The summed E-state index contributed by atoms with van der Waals surface area (Å²) in [5.41, 5.74) is 2.27. The Hall–Kier alpha value is -2.84. The number of thiophene rings is 1. The van der Waals surface area contributed by atoms with E-state index in [0.717, 1.165) is 40.7 Å². The number of methoxy groups -OCH3 is 1. The van der Waals surface area contributed by atoms with Crippen LogP contribution < -0.4 is 5.56 Å². The van der Waals surface area contributed by atoms with Crippen molar-refractivity contribution in [2.45, 2.75) is 30.2 Å². The molecule has 3 heterocycles. The monoisotopic (exact) mass is 438 g/mol. The van der Waals surface area contributed by atoms with Crippen LogP contribution in [0.2, 0.25) is 0 Å². The van der Waals surface area contributed by atoms with Gasteiger partial charge in [0, 0.05) is 4.88 Å². The van der Waals surface area contributed by atoms with Gasteiger partial charge >= 0.3 is 5.97 Å². The predicted molar refractivity (Wildman–Crippen MR) is 117 cm³/mol. The van der Waals surface area contributed by atoms with Crippen molar-refractivity contribution in [3.63, 3.8) is 0 Å². The number of ether oxygens (including phenoxy) is 1. The lowest BCUT2D eigenvalue weighted by molar-refractivity contribution is 0.0598. The Labute approximate surface area is 180 Å². The predicted octanol–water partition coefficient (Wildman–Crippen LogP) is 4.61.